The van der Waals surface area contributed by atoms with E-state index >= 15 is 0 Å². The van der Waals surface area contributed by atoms with Gasteiger partial charge in [0.25, 0.3) is 0 Å². The molecule has 0 aromatic rings. The number of alkyl halides is 3. The fourth-order valence-electron chi connectivity index (χ4n) is 0.765. The molecule has 0 amide bonds. The highest BCUT2D eigenvalue weighted by Crippen LogP contribution is 2.30. The number of allylic oxidation sites excluding steroid dienone is 4. The van der Waals surface area contributed by atoms with Crippen molar-refractivity contribution in [2.45, 2.75) is 19.5 Å². The smallest absolute Gasteiger partial charge is 0.166 e. The van der Waals surface area contributed by atoms with E-state index in [0.29, 0.717) is 12.0 Å². The molecule has 0 aliphatic heterocycles. The fourth-order valence-corrected chi connectivity index (χ4v) is 0.765. The van der Waals surface area contributed by atoms with Gasteiger partial charge in [-0.1, -0.05) is 11.6 Å². The van der Waals surface area contributed by atoms with Gasteiger partial charge in [0.2, 0.25) is 0 Å². The maximum Gasteiger partial charge on any atom is 0.416 e. The fraction of sp³-hybridized carbons (Fsp3) is 0.375. The Bertz CT molecular complexity index is 208. The molecule has 0 aromatic heterocycles. The lowest BCUT2D eigenvalue weighted by molar-refractivity contribution is -0.0889. The minimum atomic E-state index is -4.28. The lowest BCUT2D eigenvalue weighted by Gasteiger charge is -2.12. The van der Waals surface area contributed by atoms with Crippen molar-refractivity contribution in [3.8, 4) is 0 Å². The molecule has 0 unspecified atom stereocenters. The Morgan fingerprint density at radius 2 is 2.09 bits per heavy atom. The van der Waals surface area contributed by atoms with Crippen LogP contribution in [0.15, 0.2) is 17.2 Å². The van der Waals surface area contributed by atoms with Crippen LogP contribution in [-0.2, 0) is 0 Å². The summed E-state index contributed by atoms with van der Waals surface area (Å²) >= 11 is 0. The summed E-state index contributed by atoms with van der Waals surface area (Å²) in [5.74, 6) is 0. The van der Waals surface area contributed by atoms with Crippen LogP contribution in [0.3, 0.4) is 0 Å². The Hall–Kier alpha value is -0.730. The van der Waals surface area contributed by atoms with Crippen molar-refractivity contribution >= 4 is 0 Å². The molecule has 0 bridgehead atoms. The van der Waals surface area contributed by atoms with Crippen molar-refractivity contribution in [1.29, 1.82) is 0 Å². The van der Waals surface area contributed by atoms with Crippen molar-refractivity contribution in [1.82, 2.24) is 0 Å². The zero-order chi connectivity index (χ0) is 8.48. The van der Waals surface area contributed by atoms with Gasteiger partial charge in [-0.05, 0) is 19.4 Å². The van der Waals surface area contributed by atoms with E-state index in [-0.39, 0.29) is 0 Å². The van der Waals surface area contributed by atoms with Crippen LogP contribution < -0.4 is 0 Å². The van der Waals surface area contributed by atoms with Crippen LogP contribution in [0.5, 0.6) is 0 Å². The van der Waals surface area contributed by atoms with Gasteiger partial charge in [-0.15, -0.1) is 0 Å². The van der Waals surface area contributed by atoms with E-state index in [2.05, 4.69) is 12.5 Å². The van der Waals surface area contributed by atoms with Gasteiger partial charge < -0.3 is 0 Å². The molecule has 0 spiro atoms. The minimum absolute atomic E-state index is 0.444. The molecule has 3 radical (unpaired) electrons. The maximum absolute atomic E-state index is 11.9. The Balaban J connectivity index is 2.82. The predicted octanol–water partition coefficient (Wildman–Crippen LogP) is 2.71. The monoisotopic (exact) mass is 159 g/mol. The van der Waals surface area contributed by atoms with Gasteiger partial charge in [0, 0.05) is 6.42 Å². The highest BCUT2D eigenvalue weighted by atomic mass is 19.4. The lowest BCUT2D eigenvalue weighted by Crippen LogP contribution is -2.12. The van der Waals surface area contributed by atoms with E-state index in [1.165, 1.54) is 0 Å². The molecular weight excluding hydrogens is 153 g/mol. The minimum Gasteiger partial charge on any atom is -0.166 e. The van der Waals surface area contributed by atoms with Crippen molar-refractivity contribution in [2.75, 3.05) is 0 Å². The van der Waals surface area contributed by atoms with Crippen LogP contribution in [0, 0.1) is 12.5 Å². The van der Waals surface area contributed by atoms with Gasteiger partial charge in [0.05, 0.1) is 5.57 Å². The third kappa shape index (κ3) is 2.10. The summed E-state index contributed by atoms with van der Waals surface area (Å²) in [6, 6.07) is 0. The van der Waals surface area contributed by atoms with Gasteiger partial charge >= 0.3 is 6.18 Å². The second kappa shape index (κ2) is 2.72. The summed E-state index contributed by atoms with van der Waals surface area (Å²) in [6.45, 7) is 1.64. The van der Waals surface area contributed by atoms with Crippen LogP contribution in [0.25, 0.3) is 0 Å². The van der Waals surface area contributed by atoms with Gasteiger partial charge in [0.1, 0.15) is 0 Å². The standard InChI is InChI=1S/C8H6F3/c1-6-3-2-4-7(5-6)8(9,10)11/h5H,3H2,1H3. The van der Waals surface area contributed by atoms with Crippen molar-refractivity contribution in [3.05, 3.63) is 29.7 Å². The Kier molecular flexibility index (Phi) is 2.07. The first-order valence-corrected chi connectivity index (χ1v) is 3.10. The van der Waals surface area contributed by atoms with E-state index in [1.54, 1.807) is 6.92 Å². The third-order valence-corrected chi connectivity index (χ3v) is 1.29. The van der Waals surface area contributed by atoms with Gasteiger partial charge in [0.15, 0.2) is 0 Å². The average molecular weight is 159 g/mol. The summed E-state index contributed by atoms with van der Waals surface area (Å²) in [7, 11) is 0. The average Bonchev–Trinajstić information content (AvgIpc) is 1.86. The Morgan fingerprint density at radius 1 is 1.45 bits per heavy atom. The van der Waals surface area contributed by atoms with Gasteiger partial charge in [-0.3, -0.25) is 0 Å². The first kappa shape index (κ1) is 8.37. The van der Waals surface area contributed by atoms with E-state index in [4.69, 9.17) is 0 Å². The summed E-state index contributed by atoms with van der Waals surface area (Å²) < 4.78 is 35.8. The molecule has 1 rings (SSSR count). The van der Waals surface area contributed by atoms with Gasteiger partial charge in [-0.25, -0.2) is 0 Å². The van der Waals surface area contributed by atoms with Crippen LogP contribution in [0.4, 0.5) is 13.2 Å². The van der Waals surface area contributed by atoms with Crippen LogP contribution in [0.2, 0.25) is 0 Å². The number of halogens is 3. The first-order valence-electron chi connectivity index (χ1n) is 3.10. The molecule has 0 atom stereocenters. The lowest BCUT2D eigenvalue weighted by atomic mass is 10.0. The molecule has 0 aromatic carbocycles. The van der Waals surface area contributed by atoms with Crippen LogP contribution in [-0.4, -0.2) is 6.18 Å². The molecular formula is C8H6F3. The topological polar surface area (TPSA) is 0 Å². The van der Waals surface area contributed by atoms with Crippen LogP contribution >= 0.6 is 0 Å². The molecule has 1 aliphatic carbocycles. The van der Waals surface area contributed by atoms with E-state index in [0.717, 1.165) is 6.08 Å². The number of hydrogen-bond acceptors (Lipinski definition) is 0. The summed E-state index contributed by atoms with van der Waals surface area (Å²) in [5.41, 5.74) is -0.0719. The van der Waals surface area contributed by atoms with E-state index in [9.17, 15) is 13.2 Å². The third-order valence-electron chi connectivity index (χ3n) is 1.29. The zero-order valence-electron chi connectivity index (χ0n) is 5.92. The van der Waals surface area contributed by atoms with E-state index < -0.39 is 11.7 Å². The second-order valence-corrected chi connectivity index (χ2v) is 2.38. The highest BCUT2D eigenvalue weighted by Gasteiger charge is 2.32. The number of hydrogen-bond donors (Lipinski definition) is 0. The second-order valence-electron chi connectivity index (χ2n) is 2.38. The molecule has 0 saturated carbocycles. The van der Waals surface area contributed by atoms with Crippen LogP contribution in [0.1, 0.15) is 13.3 Å². The molecule has 0 nitrogen and oxygen atoms in total. The normalized spacial score (nSPS) is 19.3. The SMILES string of the molecule is CC1=CC(C(F)(F)F)=[C][C]C1. The summed E-state index contributed by atoms with van der Waals surface area (Å²) in [4.78, 5) is 0. The van der Waals surface area contributed by atoms with Crippen molar-refractivity contribution in [2.24, 2.45) is 0 Å². The Labute approximate surface area is 63.4 Å². The predicted molar refractivity (Wildman–Crippen MR) is 34.4 cm³/mol. The first-order chi connectivity index (χ1) is 5.00. The maximum atomic E-state index is 11.9. The molecule has 0 heterocycles. The molecule has 1 aliphatic rings. The van der Waals surface area contributed by atoms with Crippen molar-refractivity contribution in [3.63, 3.8) is 0 Å². The van der Waals surface area contributed by atoms with E-state index in [1.807, 2.05) is 0 Å². The quantitative estimate of drug-likeness (QED) is 0.509. The number of rotatable bonds is 0. The molecule has 11 heavy (non-hydrogen) atoms. The van der Waals surface area contributed by atoms with Gasteiger partial charge in [-0.2, -0.15) is 13.2 Å². The largest absolute Gasteiger partial charge is 0.416 e. The molecule has 0 fully saturated rings. The summed E-state index contributed by atoms with van der Waals surface area (Å²) in [6.07, 6.45) is 1.73. The van der Waals surface area contributed by atoms with Crippen molar-refractivity contribution < 1.29 is 13.2 Å². The summed E-state index contributed by atoms with van der Waals surface area (Å²) in [5, 5.41) is 0. The highest BCUT2D eigenvalue weighted by molar-refractivity contribution is 5.31. The molecule has 0 saturated heterocycles. The zero-order valence-corrected chi connectivity index (χ0v) is 5.92. The Morgan fingerprint density at radius 3 is 2.45 bits per heavy atom. The molecule has 59 valence electrons. The molecule has 3 heteroatoms. The molecule has 0 N–H and O–H groups in total.